The highest BCUT2D eigenvalue weighted by molar-refractivity contribution is 6.12. The molecule has 0 aromatic heterocycles. The molecule has 0 bridgehead atoms. The Morgan fingerprint density at radius 3 is 2.52 bits per heavy atom. The number of hydrogen-bond acceptors (Lipinski definition) is 5. The molecule has 0 aliphatic carbocycles. The van der Waals surface area contributed by atoms with Crippen molar-refractivity contribution in [1.82, 2.24) is 10.2 Å². The standard InChI is InChI=1S/C23H33N5O3/c1-15(2)13-16(14-19(24)29)22(30)26-20-23(31)27(3)18-10-6-5-9-17(18)21(25-20)28-11-7-4-8-12-28/h5-6,9-10,15-16,20H,4,7-8,11-14H2,1-3H3,(H2,24,29)(H,26,30)/t16-,20?/m1/s1. The Labute approximate surface area is 183 Å². The van der Waals surface area contributed by atoms with E-state index in [-0.39, 0.29) is 24.2 Å². The number of rotatable bonds is 6. The van der Waals surface area contributed by atoms with Gasteiger partial charge in [0.25, 0.3) is 5.91 Å². The lowest BCUT2D eigenvalue weighted by Crippen LogP contribution is -2.48. The molecule has 3 N–H and O–H groups in total. The van der Waals surface area contributed by atoms with Crippen molar-refractivity contribution in [2.75, 3.05) is 25.0 Å². The summed E-state index contributed by atoms with van der Waals surface area (Å²) in [6.45, 7) is 5.69. The topological polar surface area (TPSA) is 108 Å². The van der Waals surface area contributed by atoms with Crippen LogP contribution in [0.25, 0.3) is 0 Å². The highest BCUT2D eigenvalue weighted by Crippen LogP contribution is 2.27. The van der Waals surface area contributed by atoms with Crippen LogP contribution in [0.3, 0.4) is 0 Å². The zero-order valence-electron chi connectivity index (χ0n) is 18.6. The summed E-state index contributed by atoms with van der Waals surface area (Å²) in [4.78, 5) is 46.3. The zero-order chi connectivity index (χ0) is 22.5. The molecule has 31 heavy (non-hydrogen) atoms. The fourth-order valence-corrected chi connectivity index (χ4v) is 4.30. The van der Waals surface area contributed by atoms with Gasteiger partial charge in [-0.2, -0.15) is 0 Å². The van der Waals surface area contributed by atoms with Crippen molar-refractivity contribution in [3.05, 3.63) is 29.8 Å². The number of anilines is 1. The Bertz CT molecular complexity index is 861. The van der Waals surface area contributed by atoms with Crippen molar-refractivity contribution in [3.63, 3.8) is 0 Å². The summed E-state index contributed by atoms with van der Waals surface area (Å²) >= 11 is 0. The summed E-state index contributed by atoms with van der Waals surface area (Å²) in [5.74, 6) is -0.861. The molecule has 1 fully saturated rings. The SMILES string of the molecule is CC(C)C[C@H](CC(N)=O)C(=O)NC1N=C(N2CCCCC2)c2ccccc2N(C)C1=O. The van der Waals surface area contributed by atoms with Crippen molar-refractivity contribution in [1.29, 1.82) is 0 Å². The molecule has 1 saturated heterocycles. The smallest absolute Gasteiger partial charge is 0.272 e. The van der Waals surface area contributed by atoms with Gasteiger partial charge in [-0.15, -0.1) is 0 Å². The Morgan fingerprint density at radius 2 is 1.87 bits per heavy atom. The molecule has 0 radical (unpaired) electrons. The summed E-state index contributed by atoms with van der Waals surface area (Å²) in [5, 5.41) is 2.80. The van der Waals surface area contributed by atoms with Gasteiger partial charge in [-0.25, -0.2) is 4.99 Å². The van der Waals surface area contributed by atoms with E-state index in [9.17, 15) is 14.4 Å². The average Bonchev–Trinajstić information content (AvgIpc) is 2.84. The number of nitrogens with two attached hydrogens (primary N) is 1. The lowest BCUT2D eigenvalue weighted by atomic mass is 9.93. The average molecular weight is 428 g/mol. The van der Waals surface area contributed by atoms with Crippen molar-refractivity contribution < 1.29 is 14.4 Å². The highest BCUT2D eigenvalue weighted by atomic mass is 16.2. The molecular weight excluding hydrogens is 394 g/mol. The molecule has 1 aromatic carbocycles. The lowest BCUT2D eigenvalue weighted by Gasteiger charge is -2.30. The number of benzodiazepines with no additional fused rings is 1. The van der Waals surface area contributed by atoms with Crippen LogP contribution in [0.15, 0.2) is 29.3 Å². The molecule has 1 unspecified atom stereocenters. The van der Waals surface area contributed by atoms with Crippen LogP contribution in [0.2, 0.25) is 0 Å². The van der Waals surface area contributed by atoms with Crippen molar-refractivity contribution >= 4 is 29.2 Å². The van der Waals surface area contributed by atoms with Gasteiger partial charge in [0.2, 0.25) is 18.0 Å². The van der Waals surface area contributed by atoms with Gasteiger partial charge in [0.05, 0.1) is 5.69 Å². The Morgan fingerprint density at radius 1 is 1.19 bits per heavy atom. The van der Waals surface area contributed by atoms with Crippen LogP contribution in [0.1, 0.15) is 51.5 Å². The van der Waals surface area contributed by atoms with Crippen LogP contribution in [-0.2, 0) is 14.4 Å². The number of fused-ring (bicyclic) bond motifs is 1. The predicted molar refractivity (Wildman–Crippen MR) is 121 cm³/mol. The van der Waals surface area contributed by atoms with Crippen molar-refractivity contribution in [2.45, 2.75) is 52.1 Å². The minimum atomic E-state index is -1.05. The quantitative estimate of drug-likeness (QED) is 0.722. The molecule has 8 nitrogen and oxygen atoms in total. The second-order valence-corrected chi connectivity index (χ2v) is 8.82. The third kappa shape index (κ3) is 5.42. The van der Waals surface area contributed by atoms with Gasteiger partial charge < -0.3 is 20.9 Å². The molecule has 3 rings (SSSR count). The fraction of sp³-hybridized carbons (Fsp3) is 0.565. The minimum Gasteiger partial charge on any atom is -0.370 e. The normalized spacial score (nSPS) is 20.1. The number of aliphatic imine (C=N–C) groups is 1. The Balaban J connectivity index is 1.94. The number of benzene rings is 1. The minimum absolute atomic E-state index is 0.0519. The number of likely N-dealkylation sites (tertiary alicyclic amines) is 1. The molecule has 3 amide bonds. The number of amidine groups is 1. The first-order valence-electron chi connectivity index (χ1n) is 11.1. The van der Waals surface area contributed by atoms with Crippen LogP contribution < -0.4 is 16.0 Å². The number of amides is 3. The van der Waals surface area contributed by atoms with E-state index in [0.717, 1.165) is 43.0 Å². The number of carbonyl (C=O) groups is 3. The van der Waals surface area contributed by atoms with Gasteiger partial charge in [-0.1, -0.05) is 26.0 Å². The summed E-state index contributed by atoms with van der Waals surface area (Å²) in [6, 6.07) is 7.68. The maximum absolute atomic E-state index is 13.2. The summed E-state index contributed by atoms with van der Waals surface area (Å²) < 4.78 is 0. The Hall–Kier alpha value is -2.90. The first-order valence-corrected chi connectivity index (χ1v) is 11.1. The monoisotopic (exact) mass is 427 g/mol. The third-order valence-electron chi connectivity index (χ3n) is 5.83. The van der Waals surface area contributed by atoms with E-state index < -0.39 is 18.0 Å². The van der Waals surface area contributed by atoms with E-state index in [4.69, 9.17) is 10.7 Å². The molecule has 2 aliphatic heterocycles. The Kier molecular flexibility index (Phi) is 7.30. The van der Waals surface area contributed by atoms with E-state index in [1.54, 1.807) is 11.9 Å². The van der Waals surface area contributed by atoms with Crippen LogP contribution in [-0.4, -0.2) is 54.8 Å². The first kappa shape index (κ1) is 22.8. The van der Waals surface area contributed by atoms with Gasteiger partial charge in [0.15, 0.2) is 0 Å². The number of primary amides is 1. The number of piperidine rings is 1. The molecule has 8 heteroatoms. The van der Waals surface area contributed by atoms with Crippen LogP contribution in [0.5, 0.6) is 0 Å². The maximum Gasteiger partial charge on any atom is 0.272 e. The molecule has 0 spiro atoms. The number of likely N-dealkylation sites (N-methyl/N-ethyl adjacent to an activating group) is 1. The largest absolute Gasteiger partial charge is 0.370 e. The number of nitrogens with zero attached hydrogens (tertiary/aromatic N) is 3. The lowest BCUT2D eigenvalue weighted by molar-refractivity contribution is -0.132. The summed E-state index contributed by atoms with van der Waals surface area (Å²) in [7, 11) is 1.70. The van der Waals surface area contributed by atoms with Gasteiger partial charge in [-0.05, 0) is 43.7 Å². The molecule has 168 valence electrons. The van der Waals surface area contributed by atoms with E-state index in [0.29, 0.717) is 6.42 Å². The van der Waals surface area contributed by atoms with E-state index in [1.165, 1.54) is 6.42 Å². The second kappa shape index (κ2) is 9.94. The van der Waals surface area contributed by atoms with Gasteiger partial charge in [0.1, 0.15) is 5.84 Å². The van der Waals surface area contributed by atoms with Gasteiger partial charge in [0, 0.05) is 38.0 Å². The number of carbonyl (C=O) groups excluding carboxylic acids is 3. The molecule has 0 saturated carbocycles. The van der Waals surface area contributed by atoms with Crippen LogP contribution in [0.4, 0.5) is 5.69 Å². The highest BCUT2D eigenvalue weighted by Gasteiger charge is 2.34. The second-order valence-electron chi connectivity index (χ2n) is 8.82. The number of hydrogen-bond donors (Lipinski definition) is 2. The molecular formula is C23H33N5O3. The summed E-state index contributed by atoms with van der Waals surface area (Å²) in [5.41, 5.74) is 7.01. The molecule has 2 atom stereocenters. The zero-order valence-corrected chi connectivity index (χ0v) is 18.6. The maximum atomic E-state index is 13.2. The predicted octanol–water partition coefficient (Wildman–Crippen LogP) is 1.88. The molecule has 1 aromatic rings. The van der Waals surface area contributed by atoms with Crippen molar-refractivity contribution in [2.24, 2.45) is 22.6 Å². The van der Waals surface area contributed by atoms with Crippen LogP contribution in [0, 0.1) is 11.8 Å². The third-order valence-corrected chi connectivity index (χ3v) is 5.83. The van der Waals surface area contributed by atoms with E-state index >= 15 is 0 Å². The first-order chi connectivity index (χ1) is 14.8. The fourth-order valence-electron chi connectivity index (χ4n) is 4.30. The van der Waals surface area contributed by atoms with Gasteiger partial charge in [-0.3, -0.25) is 14.4 Å². The number of para-hydroxylation sites is 1. The molecule has 2 aliphatic rings. The van der Waals surface area contributed by atoms with E-state index in [1.807, 2.05) is 38.1 Å². The summed E-state index contributed by atoms with van der Waals surface area (Å²) in [6.07, 6.45) is 2.71. The number of nitrogens with one attached hydrogen (secondary N) is 1. The van der Waals surface area contributed by atoms with Crippen molar-refractivity contribution in [3.8, 4) is 0 Å². The molecule has 2 heterocycles. The van der Waals surface area contributed by atoms with Gasteiger partial charge >= 0.3 is 0 Å². The van der Waals surface area contributed by atoms with Crippen LogP contribution >= 0.6 is 0 Å². The van der Waals surface area contributed by atoms with E-state index in [2.05, 4.69) is 10.2 Å².